The highest BCUT2D eigenvalue weighted by Gasteiger charge is 2.04. The minimum Gasteiger partial charge on any atom is -0.361 e. The summed E-state index contributed by atoms with van der Waals surface area (Å²) in [6.45, 7) is 1.80. The van der Waals surface area contributed by atoms with Crippen LogP contribution in [0.25, 0.3) is 16.7 Å². The van der Waals surface area contributed by atoms with Gasteiger partial charge in [0.2, 0.25) is 0 Å². The molecule has 0 radical (unpaired) electrons. The Hall–Kier alpha value is -2.87. The molecule has 0 bridgehead atoms. The molecular formula is C14H12N4O. The Bertz CT molecular complexity index is 650. The van der Waals surface area contributed by atoms with E-state index in [-0.39, 0.29) is 0 Å². The van der Waals surface area contributed by atoms with Gasteiger partial charge < -0.3 is 4.98 Å². The van der Waals surface area contributed by atoms with Crippen LogP contribution in [0, 0.1) is 11.5 Å². The number of nitrogens with zero attached hydrogens (tertiary/aromatic N) is 2. The van der Waals surface area contributed by atoms with E-state index in [0.29, 0.717) is 0 Å². The number of hydrogen-bond donors (Lipinski definition) is 2. The normalized spacial score (nSPS) is 10.8. The van der Waals surface area contributed by atoms with Gasteiger partial charge in [-0.3, -0.25) is 15.1 Å². The summed E-state index contributed by atoms with van der Waals surface area (Å²) in [7, 11) is 0. The van der Waals surface area contributed by atoms with Gasteiger partial charge >= 0.3 is 0 Å². The lowest BCUT2D eigenvalue weighted by molar-refractivity contribution is -0.115. The zero-order valence-corrected chi connectivity index (χ0v) is 10.3. The first-order valence-corrected chi connectivity index (χ1v) is 5.67. The fourth-order valence-electron chi connectivity index (χ4n) is 1.70. The first kappa shape index (κ1) is 12.6. The van der Waals surface area contributed by atoms with Crippen molar-refractivity contribution in [3.05, 3.63) is 48.6 Å². The van der Waals surface area contributed by atoms with Gasteiger partial charge in [-0.1, -0.05) is 0 Å². The highest BCUT2D eigenvalue weighted by molar-refractivity contribution is 5.95. The lowest BCUT2D eigenvalue weighted by atomic mass is 10.1. The highest BCUT2D eigenvalue weighted by atomic mass is 16.1. The molecule has 19 heavy (non-hydrogen) atoms. The number of H-pyrrole nitrogens is 1. The van der Waals surface area contributed by atoms with Crippen LogP contribution in [0.2, 0.25) is 0 Å². The summed E-state index contributed by atoms with van der Waals surface area (Å²) in [5, 5.41) is 10.4. The third-order valence-corrected chi connectivity index (χ3v) is 2.65. The van der Waals surface area contributed by atoms with Gasteiger partial charge in [0.15, 0.2) is 6.19 Å². The van der Waals surface area contributed by atoms with Crippen molar-refractivity contribution in [2.75, 3.05) is 0 Å². The third-order valence-electron chi connectivity index (χ3n) is 2.65. The van der Waals surface area contributed by atoms with E-state index in [1.165, 1.54) is 6.08 Å². The Morgan fingerprint density at radius 1 is 1.42 bits per heavy atom. The molecule has 2 aromatic heterocycles. The molecule has 2 heterocycles. The maximum absolute atomic E-state index is 11.3. The second-order valence-corrected chi connectivity index (χ2v) is 3.97. The summed E-state index contributed by atoms with van der Waals surface area (Å²) in [6.07, 6.45) is 8.29. The quantitative estimate of drug-likeness (QED) is 0.498. The summed E-state index contributed by atoms with van der Waals surface area (Å²) in [4.78, 5) is 18.3. The van der Waals surface area contributed by atoms with Crippen molar-refractivity contribution in [3.8, 4) is 17.3 Å². The van der Waals surface area contributed by atoms with E-state index in [4.69, 9.17) is 5.26 Å². The van der Waals surface area contributed by atoms with Crippen molar-refractivity contribution >= 4 is 11.5 Å². The first-order valence-electron chi connectivity index (χ1n) is 5.67. The first-order chi connectivity index (χ1) is 9.20. The number of aromatic nitrogens is 2. The molecule has 2 rings (SSSR count). The largest absolute Gasteiger partial charge is 0.361 e. The number of amides is 1. The average Bonchev–Trinajstić information content (AvgIpc) is 2.89. The predicted octanol–water partition coefficient (Wildman–Crippen LogP) is 2.08. The molecule has 0 fully saturated rings. The summed E-state index contributed by atoms with van der Waals surface area (Å²) in [5.41, 5.74) is 3.66. The monoisotopic (exact) mass is 252 g/mol. The van der Waals surface area contributed by atoms with E-state index < -0.39 is 5.91 Å². The van der Waals surface area contributed by atoms with Gasteiger partial charge in [0.05, 0.1) is 0 Å². The van der Waals surface area contributed by atoms with Crippen LogP contribution in [-0.4, -0.2) is 15.9 Å². The van der Waals surface area contributed by atoms with Crippen molar-refractivity contribution in [1.29, 1.82) is 5.26 Å². The number of carbonyl (C=O) groups excluding carboxylic acids is 1. The van der Waals surface area contributed by atoms with Crippen LogP contribution in [0.3, 0.4) is 0 Å². The van der Waals surface area contributed by atoms with E-state index in [1.54, 1.807) is 25.5 Å². The molecule has 0 aromatic carbocycles. The number of carbonyl (C=O) groups is 1. The lowest BCUT2D eigenvalue weighted by Crippen LogP contribution is -2.14. The van der Waals surface area contributed by atoms with Gasteiger partial charge in [-0.15, -0.1) is 0 Å². The van der Waals surface area contributed by atoms with Crippen molar-refractivity contribution in [3.63, 3.8) is 0 Å². The fraction of sp³-hybridized carbons (Fsp3) is 0.0714. The maximum atomic E-state index is 11.3. The van der Waals surface area contributed by atoms with Crippen LogP contribution >= 0.6 is 0 Å². The molecule has 0 saturated heterocycles. The zero-order valence-electron chi connectivity index (χ0n) is 10.3. The van der Waals surface area contributed by atoms with Crippen LogP contribution in [0.4, 0.5) is 0 Å². The number of hydrogen-bond acceptors (Lipinski definition) is 3. The molecule has 5 heteroatoms. The number of pyridine rings is 1. The molecule has 0 aliphatic heterocycles. The molecule has 94 valence electrons. The second kappa shape index (κ2) is 5.65. The number of aromatic amines is 1. The predicted molar refractivity (Wildman–Crippen MR) is 71.4 cm³/mol. The van der Waals surface area contributed by atoms with E-state index >= 15 is 0 Å². The van der Waals surface area contributed by atoms with Crippen LogP contribution < -0.4 is 5.32 Å². The van der Waals surface area contributed by atoms with Crippen LogP contribution in [0.1, 0.15) is 12.6 Å². The van der Waals surface area contributed by atoms with Crippen LogP contribution in [0.15, 0.2) is 42.9 Å². The number of rotatable bonds is 3. The number of nitriles is 1. The molecule has 0 aliphatic rings. The molecule has 2 N–H and O–H groups in total. The smallest absolute Gasteiger partial charge is 0.257 e. The van der Waals surface area contributed by atoms with E-state index in [0.717, 1.165) is 22.4 Å². The molecule has 0 aliphatic carbocycles. The van der Waals surface area contributed by atoms with E-state index in [9.17, 15) is 4.79 Å². The third kappa shape index (κ3) is 3.07. The molecule has 5 nitrogen and oxygen atoms in total. The van der Waals surface area contributed by atoms with E-state index in [1.807, 2.05) is 24.4 Å². The molecule has 0 spiro atoms. The van der Waals surface area contributed by atoms with Gasteiger partial charge in [-0.25, -0.2) is 0 Å². The minimum atomic E-state index is -0.430. The molecule has 0 saturated carbocycles. The van der Waals surface area contributed by atoms with Crippen LogP contribution in [0.5, 0.6) is 0 Å². The van der Waals surface area contributed by atoms with Crippen LogP contribution in [-0.2, 0) is 4.79 Å². The molecular weight excluding hydrogens is 240 g/mol. The Morgan fingerprint density at radius 2 is 2.16 bits per heavy atom. The Morgan fingerprint density at radius 3 is 2.84 bits per heavy atom. The molecule has 0 atom stereocenters. The topological polar surface area (TPSA) is 81.6 Å². The summed E-state index contributed by atoms with van der Waals surface area (Å²) in [6, 6.07) is 5.77. The van der Waals surface area contributed by atoms with Gasteiger partial charge in [0.1, 0.15) is 0 Å². The van der Waals surface area contributed by atoms with Gasteiger partial charge in [-0.05, 0) is 41.8 Å². The average molecular weight is 252 g/mol. The highest BCUT2D eigenvalue weighted by Crippen LogP contribution is 2.22. The Labute approximate surface area is 110 Å². The maximum Gasteiger partial charge on any atom is 0.257 e. The minimum absolute atomic E-state index is 0.430. The summed E-state index contributed by atoms with van der Waals surface area (Å²) in [5.74, 6) is -0.430. The van der Waals surface area contributed by atoms with Gasteiger partial charge in [0.25, 0.3) is 5.91 Å². The standard InChI is InChI=1S/C14H12N4O/c1-10(6-14(19)18-9-15)13-7-12(8-17-13)11-2-4-16-5-3-11/h2-8,17H,1H3,(H,18,19)/b10-6-. The molecule has 1 amide bonds. The van der Waals surface area contributed by atoms with Crippen molar-refractivity contribution in [2.45, 2.75) is 6.92 Å². The van der Waals surface area contributed by atoms with Gasteiger partial charge in [0, 0.05) is 30.4 Å². The van der Waals surface area contributed by atoms with Gasteiger partial charge in [-0.2, -0.15) is 5.26 Å². The SMILES string of the molecule is C/C(=C/C(=O)NC#N)c1cc(-c2ccncc2)c[nH]1. The molecule has 2 aromatic rings. The summed E-state index contributed by atoms with van der Waals surface area (Å²) >= 11 is 0. The van der Waals surface area contributed by atoms with Crippen molar-refractivity contribution in [2.24, 2.45) is 0 Å². The zero-order chi connectivity index (χ0) is 13.7. The fourth-order valence-corrected chi connectivity index (χ4v) is 1.70. The van der Waals surface area contributed by atoms with Crippen molar-refractivity contribution in [1.82, 2.24) is 15.3 Å². The Kier molecular flexibility index (Phi) is 3.74. The summed E-state index contributed by atoms with van der Waals surface area (Å²) < 4.78 is 0. The second-order valence-electron chi connectivity index (χ2n) is 3.97. The number of allylic oxidation sites excluding steroid dienone is 1. The van der Waals surface area contributed by atoms with E-state index in [2.05, 4.69) is 15.3 Å². The molecule has 0 unspecified atom stereocenters. The Balaban J connectivity index is 2.22. The van der Waals surface area contributed by atoms with Crippen molar-refractivity contribution < 1.29 is 4.79 Å². The lowest BCUT2D eigenvalue weighted by Gasteiger charge is -1.96. The number of nitrogens with one attached hydrogen (secondary N) is 2.